The van der Waals surface area contributed by atoms with E-state index in [0.29, 0.717) is 11.4 Å². The van der Waals surface area contributed by atoms with Crippen LogP contribution in [0.2, 0.25) is 5.02 Å². The number of carbonyl (C=O) groups is 1. The molecule has 1 N–H and O–H groups in total. The normalized spacial score (nSPS) is 18.4. The van der Waals surface area contributed by atoms with E-state index in [4.69, 9.17) is 11.6 Å². The van der Waals surface area contributed by atoms with Crippen molar-refractivity contribution in [3.05, 3.63) is 64.7 Å². The number of piperidine rings is 1. The Hall–Kier alpha value is -2.00. The first-order valence-corrected chi connectivity index (χ1v) is 9.78. The summed E-state index contributed by atoms with van der Waals surface area (Å²) < 4.78 is 0. The fourth-order valence-corrected chi connectivity index (χ4v) is 3.69. The molecule has 1 aliphatic rings. The van der Waals surface area contributed by atoms with Crippen molar-refractivity contribution in [2.75, 3.05) is 18.0 Å². The molecule has 1 heterocycles. The van der Waals surface area contributed by atoms with E-state index in [1.54, 1.807) is 0 Å². The molecule has 2 aromatic rings. The maximum absolute atomic E-state index is 12.3. The highest BCUT2D eigenvalue weighted by atomic mass is 35.5. The second-order valence-electron chi connectivity index (χ2n) is 7.38. The predicted molar refractivity (Wildman–Crippen MR) is 109 cm³/mol. The Kier molecular flexibility index (Phi) is 6.20. The monoisotopic (exact) mass is 370 g/mol. The Morgan fingerprint density at radius 3 is 2.54 bits per heavy atom. The lowest BCUT2D eigenvalue weighted by atomic mass is 9.99. The van der Waals surface area contributed by atoms with E-state index >= 15 is 0 Å². The smallest absolute Gasteiger partial charge is 0.224 e. The third kappa shape index (κ3) is 5.01. The van der Waals surface area contributed by atoms with Crippen LogP contribution in [0.5, 0.6) is 0 Å². The molecule has 1 fully saturated rings. The molecular weight excluding hydrogens is 344 g/mol. The van der Waals surface area contributed by atoms with E-state index in [1.165, 1.54) is 18.5 Å². The highest BCUT2D eigenvalue weighted by molar-refractivity contribution is 6.30. The van der Waals surface area contributed by atoms with Crippen LogP contribution in [-0.4, -0.2) is 19.0 Å². The molecule has 0 bridgehead atoms. The van der Waals surface area contributed by atoms with Crippen molar-refractivity contribution < 1.29 is 4.79 Å². The molecule has 1 aliphatic heterocycles. The number of hydrogen-bond acceptors (Lipinski definition) is 2. The lowest BCUT2D eigenvalue weighted by Crippen LogP contribution is -2.34. The van der Waals surface area contributed by atoms with Gasteiger partial charge in [-0.15, -0.1) is 0 Å². The zero-order valence-corrected chi connectivity index (χ0v) is 16.3. The molecule has 3 rings (SSSR count). The number of hydrogen-bond donors (Lipinski definition) is 1. The number of nitrogens with one attached hydrogen (secondary N) is 1. The molecule has 138 valence electrons. The lowest BCUT2D eigenvalue weighted by Gasteiger charge is -2.33. The van der Waals surface area contributed by atoms with E-state index in [0.717, 1.165) is 30.1 Å². The molecule has 2 aromatic carbocycles. The number of anilines is 1. The van der Waals surface area contributed by atoms with Gasteiger partial charge in [0.2, 0.25) is 5.91 Å². The predicted octanol–water partition coefficient (Wildman–Crippen LogP) is 5.00. The fourth-order valence-electron chi connectivity index (χ4n) is 3.56. The molecule has 26 heavy (non-hydrogen) atoms. The molecule has 3 nitrogen and oxygen atoms in total. The average Bonchev–Trinajstić information content (AvgIpc) is 2.64. The van der Waals surface area contributed by atoms with Crippen LogP contribution in [0, 0.1) is 5.92 Å². The van der Waals surface area contributed by atoms with Gasteiger partial charge in [0.1, 0.15) is 0 Å². The molecule has 0 radical (unpaired) electrons. The van der Waals surface area contributed by atoms with Gasteiger partial charge in [0.25, 0.3) is 0 Å². The van der Waals surface area contributed by atoms with Crippen molar-refractivity contribution in [3.63, 3.8) is 0 Å². The molecular formula is C22H27ClN2O. The summed E-state index contributed by atoms with van der Waals surface area (Å²) in [5, 5.41) is 3.77. The lowest BCUT2D eigenvalue weighted by molar-refractivity contribution is -0.121. The van der Waals surface area contributed by atoms with Crippen LogP contribution in [0.4, 0.5) is 5.69 Å². The molecule has 0 spiro atoms. The molecule has 0 saturated carbocycles. The first-order valence-electron chi connectivity index (χ1n) is 9.40. The number of nitrogens with zero attached hydrogens (tertiary/aromatic N) is 1. The van der Waals surface area contributed by atoms with Crippen LogP contribution in [0.25, 0.3) is 0 Å². The number of carbonyl (C=O) groups excluding carboxylic acids is 1. The summed E-state index contributed by atoms with van der Waals surface area (Å²) in [7, 11) is 0. The molecule has 1 amide bonds. The first kappa shape index (κ1) is 18.8. The maximum atomic E-state index is 12.3. The summed E-state index contributed by atoms with van der Waals surface area (Å²) >= 11 is 5.89. The zero-order valence-electron chi connectivity index (χ0n) is 15.5. The van der Waals surface area contributed by atoms with Gasteiger partial charge in [-0.2, -0.15) is 0 Å². The molecule has 0 aliphatic carbocycles. The van der Waals surface area contributed by atoms with E-state index in [9.17, 15) is 4.79 Å². The second-order valence-corrected chi connectivity index (χ2v) is 7.81. The second kappa shape index (κ2) is 8.59. The zero-order chi connectivity index (χ0) is 18.5. The first-order chi connectivity index (χ1) is 12.5. The summed E-state index contributed by atoms with van der Waals surface area (Å²) in [4.78, 5) is 14.7. The maximum Gasteiger partial charge on any atom is 0.224 e. The van der Waals surface area contributed by atoms with E-state index < -0.39 is 0 Å². The van der Waals surface area contributed by atoms with Crippen molar-refractivity contribution in [1.29, 1.82) is 0 Å². The van der Waals surface area contributed by atoms with Crippen molar-refractivity contribution in [3.8, 4) is 0 Å². The Morgan fingerprint density at radius 2 is 1.88 bits per heavy atom. The van der Waals surface area contributed by atoms with Crippen LogP contribution in [0.1, 0.15) is 43.9 Å². The Bertz CT molecular complexity index is 727. The van der Waals surface area contributed by atoms with E-state index in [-0.39, 0.29) is 11.9 Å². The molecule has 2 atom stereocenters. The van der Waals surface area contributed by atoms with Gasteiger partial charge in [0, 0.05) is 23.8 Å². The summed E-state index contributed by atoms with van der Waals surface area (Å²) in [5.74, 6) is 0.781. The number of rotatable bonds is 5. The van der Waals surface area contributed by atoms with Gasteiger partial charge < -0.3 is 10.2 Å². The van der Waals surface area contributed by atoms with Crippen LogP contribution < -0.4 is 10.2 Å². The van der Waals surface area contributed by atoms with Crippen molar-refractivity contribution >= 4 is 23.2 Å². The van der Waals surface area contributed by atoms with Gasteiger partial charge in [-0.25, -0.2) is 0 Å². The fraction of sp³-hybridized carbons (Fsp3) is 0.409. The Labute approximate surface area is 161 Å². The molecule has 4 heteroatoms. The van der Waals surface area contributed by atoms with E-state index in [2.05, 4.69) is 41.4 Å². The third-order valence-corrected chi connectivity index (χ3v) is 5.32. The van der Waals surface area contributed by atoms with Crippen molar-refractivity contribution in [2.45, 2.75) is 39.2 Å². The standard InChI is InChI=1S/C22H27ClN2O/c1-16-4-3-13-25(15-16)21-11-7-19(8-12-21)17(2)24-22(26)14-18-5-9-20(23)10-6-18/h5-12,16-17H,3-4,13-15H2,1-2H3,(H,24,26)/t16-,17-/m0/s1. The minimum Gasteiger partial charge on any atom is -0.371 e. The van der Waals surface area contributed by atoms with Crippen molar-refractivity contribution in [2.24, 2.45) is 5.92 Å². The molecule has 1 saturated heterocycles. The largest absolute Gasteiger partial charge is 0.371 e. The van der Waals surface area contributed by atoms with Gasteiger partial charge in [-0.1, -0.05) is 42.8 Å². The summed E-state index contributed by atoms with van der Waals surface area (Å²) in [5.41, 5.74) is 3.37. The summed E-state index contributed by atoms with van der Waals surface area (Å²) in [6.45, 7) is 6.61. The summed E-state index contributed by atoms with van der Waals surface area (Å²) in [6, 6.07) is 16.0. The summed E-state index contributed by atoms with van der Waals surface area (Å²) in [6.07, 6.45) is 2.95. The van der Waals surface area contributed by atoms with Crippen molar-refractivity contribution in [1.82, 2.24) is 5.32 Å². The average molecular weight is 371 g/mol. The molecule has 0 unspecified atom stereocenters. The highest BCUT2D eigenvalue weighted by Gasteiger charge is 2.17. The quantitative estimate of drug-likeness (QED) is 0.803. The van der Waals surface area contributed by atoms with E-state index in [1.807, 2.05) is 31.2 Å². The van der Waals surface area contributed by atoms with Gasteiger partial charge >= 0.3 is 0 Å². The minimum atomic E-state index is -0.0101. The van der Waals surface area contributed by atoms with Gasteiger partial charge in [0.05, 0.1) is 12.5 Å². The minimum absolute atomic E-state index is 0.0101. The number of benzene rings is 2. The van der Waals surface area contributed by atoms with Crippen LogP contribution in [0.3, 0.4) is 0 Å². The molecule has 0 aromatic heterocycles. The van der Waals surface area contributed by atoms with Gasteiger partial charge in [-0.3, -0.25) is 4.79 Å². The van der Waals surface area contributed by atoms with Crippen LogP contribution >= 0.6 is 11.6 Å². The third-order valence-electron chi connectivity index (χ3n) is 5.07. The SMILES string of the molecule is C[C@H]1CCCN(c2ccc([C@H](C)NC(=O)Cc3ccc(Cl)cc3)cc2)C1. The Morgan fingerprint density at radius 1 is 1.19 bits per heavy atom. The van der Waals surface area contributed by atoms with Gasteiger partial charge in [0.15, 0.2) is 0 Å². The van der Waals surface area contributed by atoms with Crippen LogP contribution in [-0.2, 0) is 11.2 Å². The number of halogens is 1. The highest BCUT2D eigenvalue weighted by Crippen LogP contribution is 2.24. The van der Waals surface area contributed by atoms with Gasteiger partial charge in [-0.05, 0) is 61.1 Å². The topological polar surface area (TPSA) is 32.3 Å². The number of amides is 1. The Balaban J connectivity index is 1.56. The van der Waals surface area contributed by atoms with Crippen LogP contribution in [0.15, 0.2) is 48.5 Å².